The topological polar surface area (TPSA) is 82.0 Å². The fourth-order valence-corrected chi connectivity index (χ4v) is 2.67. The normalized spacial score (nSPS) is 37.7. The van der Waals surface area contributed by atoms with Crippen LogP contribution in [0.5, 0.6) is 0 Å². The van der Waals surface area contributed by atoms with Gasteiger partial charge in [-0.1, -0.05) is 0 Å². The number of urea groups is 1. The molecule has 1 spiro atoms. The van der Waals surface area contributed by atoms with Crippen LogP contribution in [0.2, 0.25) is 0 Å². The van der Waals surface area contributed by atoms with Crippen LogP contribution in [0.3, 0.4) is 0 Å². The first-order valence-corrected chi connectivity index (χ1v) is 6.29. The summed E-state index contributed by atoms with van der Waals surface area (Å²) in [6.45, 7) is 1.76. The lowest BCUT2D eigenvalue weighted by atomic mass is 10.1. The Morgan fingerprint density at radius 1 is 1.61 bits per heavy atom. The molecule has 3 atom stereocenters. The van der Waals surface area contributed by atoms with Gasteiger partial charge >= 0.3 is 6.03 Å². The van der Waals surface area contributed by atoms with Crippen molar-refractivity contribution in [1.29, 1.82) is 0 Å². The van der Waals surface area contributed by atoms with Crippen LogP contribution in [0.25, 0.3) is 0 Å². The second-order valence-corrected chi connectivity index (χ2v) is 5.35. The first kappa shape index (κ1) is 12.0. The molecule has 0 radical (unpaired) electrons. The third-order valence-electron chi connectivity index (χ3n) is 4.11. The van der Waals surface area contributed by atoms with Gasteiger partial charge in [-0.3, -0.25) is 4.90 Å². The van der Waals surface area contributed by atoms with Crippen molar-refractivity contribution >= 4 is 6.03 Å². The molecule has 2 aliphatic heterocycles. The second kappa shape index (κ2) is 3.94. The van der Waals surface area contributed by atoms with E-state index in [2.05, 4.69) is 5.32 Å². The summed E-state index contributed by atoms with van der Waals surface area (Å²) in [5.41, 5.74) is 0.994. The number of ether oxygens (including phenoxy) is 1. The molecule has 0 aromatic carbocycles. The fourth-order valence-electron chi connectivity index (χ4n) is 2.67. The smallest absolute Gasteiger partial charge is 0.324 e. The summed E-state index contributed by atoms with van der Waals surface area (Å²) in [5.74, 6) is 0. The maximum atomic E-state index is 12.0. The molecule has 3 aliphatic rings. The summed E-state index contributed by atoms with van der Waals surface area (Å²) >= 11 is 0. The highest BCUT2D eigenvalue weighted by molar-refractivity contribution is 5.79. The molecule has 0 bridgehead atoms. The van der Waals surface area contributed by atoms with Gasteiger partial charge < -0.3 is 20.3 Å². The number of hydrogen-bond donors (Lipinski definition) is 3. The van der Waals surface area contributed by atoms with E-state index in [1.807, 2.05) is 13.1 Å². The standard InChI is InChI=1S/C12H18N2O4/c1-7-5-14(11(17)13-12(7)2-3-12)10-4-8(16)9(6-15)18-10/h5,8-10,15-16H,2-4,6H2,1H3,(H,13,17)/t8?,9-,10-/m1/s1. The average Bonchev–Trinajstić information content (AvgIpc) is 3.00. The van der Waals surface area contributed by atoms with Crippen molar-refractivity contribution in [3.05, 3.63) is 11.8 Å². The van der Waals surface area contributed by atoms with E-state index in [9.17, 15) is 9.90 Å². The molecule has 6 nitrogen and oxygen atoms in total. The Morgan fingerprint density at radius 2 is 2.33 bits per heavy atom. The third-order valence-corrected chi connectivity index (χ3v) is 4.11. The zero-order valence-corrected chi connectivity index (χ0v) is 10.3. The zero-order valence-electron chi connectivity index (χ0n) is 10.3. The van der Waals surface area contributed by atoms with Crippen LogP contribution in [0.4, 0.5) is 4.79 Å². The number of rotatable bonds is 2. The van der Waals surface area contributed by atoms with Gasteiger partial charge in [-0.2, -0.15) is 0 Å². The summed E-state index contributed by atoms with van der Waals surface area (Å²) in [7, 11) is 0. The molecular weight excluding hydrogens is 236 g/mol. The highest BCUT2D eigenvalue weighted by Gasteiger charge is 2.50. The summed E-state index contributed by atoms with van der Waals surface area (Å²) in [6.07, 6.45) is 2.29. The molecule has 1 unspecified atom stereocenters. The highest BCUT2D eigenvalue weighted by Crippen LogP contribution is 2.44. The van der Waals surface area contributed by atoms with Crippen molar-refractivity contribution in [2.75, 3.05) is 6.61 Å². The Hall–Kier alpha value is -1.11. The first-order valence-electron chi connectivity index (χ1n) is 6.29. The minimum Gasteiger partial charge on any atom is -0.394 e. The molecule has 0 aromatic heterocycles. The van der Waals surface area contributed by atoms with Gasteiger partial charge in [0.2, 0.25) is 0 Å². The highest BCUT2D eigenvalue weighted by atomic mass is 16.5. The lowest BCUT2D eigenvalue weighted by Gasteiger charge is -2.34. The van der Waals surface area contributed by atoms with Gasteiger partial charge in [-0.25, -0.2) is 4.79 Å². The van der Waals surface area contributed by atoms with Gasteiger partial charge in [0.15, 0.2) is 0 Å². The molecule has 6 heteroatoms. The van der Waals surface area contributed by atoms with Crippen LogP contribution < -0.4 is 5.32 Å². The Balaban J connectivity index is 1.77. The Morgan fingerprint density at radius 3 is 2.89 bits per heavy atom. The van der Waals surface area contributed by atoms with E-state index in [0.717, 1.165) is 18.4 Å². The molecule has 2 heterocycles. The molecule has 1 saturated heterocycles. The summed E-state index contributed by atoms with van der Waals surface area (Å²) < 4.78 is 5.49. The maximum absolute atomic E-state index is 12.0. The van der Waals surface area contributed by atoms with Gasteiger partial charge in [0, 0.05) is 12.6 Å². The Kier molecular flexibility index (Phi) is 2.62. The third kappa shape index (κ3) is 1.72. The van der Waals surface area contributed by atoms with Crippen LogP contribution in [-0.4, -0.2) is 51.7 Å². The van der Waals surface area contributed by atoms with Crippen LogP contribution >= 0.6 is 0 Å². The molecule has 100 valence electrons. The van der Waals surface area contributed by atoms with E-state index in [1.165, 1.54) is 4.90 Å². The van der Waals surface area contributed by atoms with E-state index in [-0.39, 0.29) is 18.2 Å². The predicted molar refractivity (Wildman–Crippen MR) is 62.5 cm³/mol. The average molecular weight is 254 g/mol. The quantitative estimate of drug-likeness (QED) is 0.643. The first-order chi connectivity index (χ1) is 8.55. The Labute approximate surface area is 105 Å². The van der Waals surface area contributed by atoms with Crippen LogP contribution in [0.15, 0.2) is 11.8 Å². The van der Waals surface area contributed by atoms with Crippen LogP contribution in [0.1, 0.15) is 26.2 Å². The molecule has 2 amide bonds. The van der Waals surface area contributed by atoms with Crippen molar-refractivity contribution < 1.29 is 19.7 Å². The van der Waals surface area contributed by atoms with Gasteiger partial charge in [-0.05, 0) is 25.3 Å². The second-order valence-electron chi connectivity index (χ2n) is 5.35. The number of aliphatic hydroxyl groups is 2. The van der Waals surface area contributed by atoms with Crippen molar-refractivity contribution in [1.82, 2.24) is 10.2 Å². The van der Waals surface area contributed by atoms with Crippen LogP contribution in [-0.2, 0) is 4.74 Å². The van der Waals surface area contributed by atoms with E-state index in [1.54, 1.807) is 0 Å². The molecule has 0 aromatic rings. The van der Waals surface area contributed by atoms with Crippen molar-refractivity contribution in [3.63, 3.8) is 0 Å². The summed E-state index contributed by atoms with van der Waals surface area (Å²) in [4.78, 5) is 13.5. The minimum atomic E-state index is -0.724. The van der Waals surface area contributed by atoms with Gasteiger partial charge in [0.1, 0.15) is 12.3 Å². The van der Waals surface area contributed by atoms with Gasteiger partial charge in [-0.15, -0.1) is 0 Å². The SMILES string of the molecule is CC1=CN([C@H]2CC(O)[C@@H](CO)O2)C(=O)NC12CC2. The van der Waals surface area contributed by atoms with Crippen molar-refractivity contribution in [2.24, 2.45) is 0 Å². The van der Waals surface area contributed by atoms with E-state index in [4.69, 9.17) is 9.84 Å². The lowest BCUT2D eigenvalue weighted by molar-refractivity contribution is -0.0546. The molecule has 18 heavy (non-hydrogen) atoms. The van der Waals surface area contributed by atoms with Gasteiger partial charge in [0.05, 0.1) is 18.2 Å². The molecule has 3 N–H and O–H groups in total. The largest absolute Gasteiger partial charge is 0.394 e. The summed E-state index contributed by atoms with van der Waals surface area (Å²) in [6, 6.07) is -0.186. The van der Waals surface area contributed by atoms with Crippen LogP contribution in [0, 0.1) is 0 Å². The van der Waals surface area contributed by atoms with Crippen molar-refractivity contribution in [3.8, 4) is 0 Å². The minimum absolute atomic E-state index is 0.124. The number of carbonyl (C=O) groups is 1. The fraction of sp³-hybridized carbons (Fsp3) is 0.750. The van der Waals surface area contributed by atoms with Gasteiger partial charge in [0.25, 0.3) is 0 Å². The lowest BCUT2D eigenvalue weighted by Crippen LogP contribution is -2.52. The predicted octanol–water partition coefficient (Wildman–Crippen LogP) is -0.0838. The monoisotopic (exact) mass is 254 g/mol. The number of nitrogens with zero attached hydrogens (tertiary/aromatic N) is 1. The van der Waals surface area contributed by atoms with E-state index >= 15 is 0 Å². The molecule has 3 rings (SSSR count). The molecule has 1 saturated carbocycles. The zero-order chi connectivity index (χ0) is 12.9. The van der Waals surface area contributed by atoms with E-state index in [0.29, 0.717) is 6.42 Å². The number of hydrogen-bond acceptors (Lipinski definition) is 4. The molecule has 2 fully saturated rings. The number of amides is 2. The van der Waals surface area contributed by atoms with Crippen molar-refractivity contribution in [2.45, 2.75) is 50.2 Å². The summed E-state index contributed by atoms with van der Waals surface area (Å²) in [5, 5.41) is 21.7. The Bertz CT molecular complexity index is 405. The number of nitrogens with one attached hydrogen (secondary N) is 1. The van der Waals surface area contributed by atoms with E-state index < -0.39 is 18.4 Å². The molecule has 1 aliphatic carbocycles. The maximum Gasteiger partial charge on any atom is 0.324 e. The molecular formula is C12H18N2O4. The number of aliphatic hydroxyl groups excluding tert-OH is 2. The number of carbonyl (C=O) groups excluding carboxylic acids is 1.